The van der Waals surface area contributed by atoms with E-state index in [1.54, 1.807) is 18.4 Å². The van der Waals surface area contributed by atoms with Gasteiger partial charge in [-0.15, -0.1) is 11.3 Å². The molecular formula is C18H19N3O2S. The molecule has 124 valence electrons. The lowest BCUT2D eigenvalue weighted by molar-refractivity contribution is -0.132. The number of fused-ring (bicyclic) bond motifs is 2. The number of hydrogen-bond acceptors (Lipinski definition) is 4. The van der Waals surface area contributed by atoms with E-state index < -0.39 is 0 Å². The lowest BCUT2D eigenvalue weighted by Crippen LogP contribution is -2.42. The molecule has 1 aliphatic rings. The number of aromatic nitrogens is 2. The molecule has 2 aromatic heterocycles. The summed E-state index contributed by atoms with van der Waals surface area (Å²) < 4.78 is 8.66. The molecule has 4 rings (SSSR count). The van der Waals surface area contributed by atoms with E-state index in [2.05, 4.69) is 27.1 Å². The monoisotopic (exact) mass is 341 g/mol. The van der Waals surface area contributed by atoms with Gasteiger partial charge in [0.15, 0.2) is 0 Å². The van der Waals surface area contributed by atoms with Crippen LogP contribution in [0.2, 0.25) is 0 Å². The smallest absolute Gasteiger partial charge is 0.227 e. The average Bonchev–Trinajstić information content (AvgIpc) is 3.22. The van der Waals surface area contributed by atoms with Gasteiger partial charge in [0, 0.05) is 24.6 Å². The van der Waals surface area contributed by atoms with Crippen LogP contribution in [-0.4, -0.2) is 40.6 Å². The first-order chi connectivity index (χ1) is 11.8. The van der Waals surface area contributed by atoms with Crippen molar-refractivity contribution in [1.82, 2.24) is 14.5 Å². The van der Waals surface area contributed by atoms with Crippen molar-refractivity contribution in [2.75, 3.05) is 20.3 Å². The Morgan fingerprint density at radius 2 is 2.29 bits per heavy atom. The topological polar surface area (TPSA) is 47.4 Å². The van der Waals surface area contributed by atoms with Crippen molar-refractivity contribution in [1.29, 1.82) is 0 Å². The second kappa shape index (κ2) is 6.37. The fourth-order valence-corrected chi connectivity index (χ4v) is 4.31. The van der Waals surface area contributed by atoms with Gasteiger partial charge in [-0.3, -0.25) is 4.79 Å². The molecular weight excluding hydrogens is 322 g/mol. The SMILES string of the molecule is COC[C@@H]1CN(C(=O)Cc2csc3ccccc23)Cc2cncn21. The Labute approximate surface area is 144 Å². The summed E-state index contributed by atoms with van der Waals surface area (Å²) in [4.78, 5) is 19.0. The largest absolute Gasteiger partial charge is 0.382 e. The summed E-state index contributed by atoms with van der Waals surface area (Å²) in [5.74, 6) is 0.159. The van der Waals surface area contributed by atoms with Gasteiger partial charge in [0.05, 0.1) is 37.6 Å². The molecule has 0 spiro atoms. The van der Waals surface area contributed by atoms with E-state index in [9.17, 15) is 4.79 Å². The zero-order valence-electron chi connectivity index (χ0n) is 13.5. The van der Waals surface area contributed by atoms with Crippen molar-refractivity contribution < 1.29 is 9.53 Å². The number of amides is 1. The number of benzene rings is 1. The molecule has 1 amide bonds. The van der Waals surface area contributed by atoms with Crippen LogP contribution in [-0.2, 0) is 22.5 Å². The molecule has 0 saturated carbocycles. The van der Waals surface area contributed by atoms with Crippen molar-refractivity contribution >= 4 is 27.3 Å². The number of imidazole rings is 1. The van der Waals surface area contributed by atoms with E-state index in [1.165, 1.54) is 10.1 Å². The van der Waals surface area contributed by atoms with E-state index in [1.807, 2.05) is 29.6 Å². The van der Waals surface area contributed by atoms with Gasteiger partial charge >= 0.3 is 0 Å². The maximum atomic E-state index is 12.9. The van der Waals surface area contributed by atoms with Gasteiger partial charge < -0.3 is 14.2 Å². The summed E-state index contributed by atoms with van der Waals surface area (Å²) in [6, 6.07) is 8.38. The Kier molecular flexibility index (Phi) is 4.08. The second-order valence-corrected chi connectivity index (χ2v) is 7.02. The van der Waals surface area contributed by atoms with Crippen LogP contribution in [0.4, 0.5) is 0 Å². The third kappa shape index (κ3) is 2.72. The van der Waals surface area contributed by atoms with E-state index in [0.717, 1.165) is 11.3 Å². The Morgan fingerprint density at radius 3 is 3.17 bits per heavy atom. The third-order valence-corrected chi connectivity index (χ3v) is 5.55. The van der Waals surface area contributed by atoms with Crippen LogP contribution in [0.5, 0.6) is 0 Å². The first kappa shape index (κ1) is 15.4. The molecule has 1 aromatic carbocycles. The van der Waals surface area contributed by atoms with Crippen molar-refractivity contribution in [2.24, 2.45) is 0 Å². The summed E-state index contributed by atoms with van der Waals surface area (Å²) in [6.07, 6.45) is 4.10. The lowest BCUT2D eigenvalue weighted by atomic mass is 10.1. The Hall–Kier alpha value is -2.18. The summed E-state index contributed by atoms with van der Waals surface area (Å²) in [5.41, 5.74) is 2.18. The highest BCUT2D eigenvalue weighted by Crippen LogP contribution is 2.27. The highest BCUT2D eigenvalue weighted by atomic mass is 32.1. The molecule has 0 radical (unpaired) electrons. The molecule has 1 atom stereocenters. The van der Waals surface area contributed by atoms with Crippen molar-refractivity contribution in [3.8, 4) is 0 Å². The van der Waals surface area contributed by atoms with Gasteiger partial charge in [-0.2, -0.15) is 0 Å². The minimum Gasteiger partial charge on any atom is -0.382 e. The van der Waals surface area contributed by atoms with Crippen LogP contribution in [0.3, 0.4) is 0 Å². The van der Waals surface area contributed by atoms with Gasteiger partial charge in [-0.25, -0.2) is 4.98 Å². The Bertz CT molecular complexity index is 870. The van der Waals surface area contributed by atoms with Crippen LogP contribution in [0.1, 0.15) is 17.3 Å². The van der Waals surface area contributed by atoms with Crippen molar-refractivity contribution in [3.63, 3.8) is 0 Å². The molecule has 0 aliphatic carbocycles. The Morgan fingerprint density at radius 1 is 1.42 bits per heavy atom. The maximum Gasteiger partial charge on any atom is 0.227 e. The van der Waals surface area contributed by atoms with Crippen LogP contribution in [0, 0.1) is 0 Å². The number of rotatable bonds is 4. The molecule has 3 aromatic rings. The predicted octanol–water partition coefficient (Wildman–Crippen LogP) is 2.87. The third-order valence-electron chi connectivity index (χ3n) is 4.54. The van der Waals surface area contributed by atoms with Crippen molar-refractivity contribution in [2.45, 2.75) is 19.0 Å². The molecule has 5 nitrogen and oxygen atoms in total. The minimum atomic E-state index is 0.129. The second-order valence-electron chi connectivity index (χ2n) is 6.11. The van der Waals surface area contributed by atoms with Gasteiger partial charge in [0.2, 0.25) is 5.91 Å². The zero-order chi connectivity index (χ0) is 16.5. The van der Waals surface area contributed by atoms with Crippen LogP contribution < -0.4 is 0 Å². The van der Waals surface area contributed by atoms with Gasteiger partial charge in [0.1, 0.15) is 0 Å². The van der Waals surface area contributed by atoms with Gasteiger partial charge in [-0.05, 0) is 22.4 Å². The molecule has 24 heavy (non-hydrogen) atoms. The highest BCUT2D eigenvalue weighted by molar-refractivity contribution is 7.17. The first-order valence-electron chi connectivity index (χ1n) is 7.99. The van der Waals surface area contributed by atoms with E-state index in [0.29, 0.717) is 26.1 Å². The molecule has 0 N–H and O–H groups in total. The number of carbonyl (C=O) groups excluding carboxylic acids is 1. The fourth-order valence-electron chi connectivity index (χ4n) is 3.35. The van der Waals surface area contributed by atoms with E-state index in [-0.39, 0.29) is 11.9 Å². The minimum absolute atomic E-state index is 0.129. The van der Waals surface area contributed by atoms with Crippen LogP contribution in [0.15, 0.2) is 42.2 Å². The predicted molar refractivity (Wildman–Crippen MR) is 94.1 cm³/mol. The summed E-state index contributed by atoms with van der Waals surface area (Å²) in [5, 5.41) is 3.29. The molecule has 0 saturated heterocycles. The van der Waals surface area contributed by atoms with Crippen molar-refractivity contribution in [3.05, 3.63) is 53.4 Å². The van der Waals surface area contributed by atoms with Gasteiger partial charge in [0.25, 0.3) is 0 Å². The Balaban J connectivity index is 1.54. The number of hydrogen-bond donors (Lipinski definition) is 0. The quantitative estimate of drug-likeness (QED) is 0.733. The standard InChI is InChI=1S/C18H19N3O2S/c1-23-10-15-9-20(8-14-7-19-12-21(14)15)18(22)6-13-11-24-17-5-3-2-4-16(13)17/h2-5,7,11-12,15H,6,8-10H2,1H3/t15-/m0/s1. The molecule has 6 heteroatoms. The number of thiophene rings is 1. The lowest BCUT2D eigenvalue weighted by Gasteiger charge is -2.34. The van der Waals surface area contributed by atoms with E-state index in [4.69, 9.17) is 4.74 Å². The van der Waals surface area contributed by atoms with E-state index >= 15 is 0 Å². The summed E-state index contributed by atoms with van der Waals surface area (Å²) in [7, 11) is 1.69. The average molecular weight is 341 g/mol. The molecule has 0 fully saturated rings. The maximum absolute atomic E-state index is 12.9. The number of nitrogens with zero attached hydrogens (tertiary/aromatic N) is 3. The number of carbonyl (C=O) groups is 1. The molecule has 1 aliphatic heterocycles. The summed E-state index contributed by atoms with van der Waals surface area (Å²) >= 11 is 1.70. The molecule has 0 bridgehead atoms. The number of ether oxygens (including phenoxy) is 1. The summed E-state index contributed by atoms with van der Waals surface area (Å²) in [6.45, 7) is 1.85. The molecule has 0 unspecified atom stereocenters. The van der Waals surface area contributed by atoms with Crippen LogP contribution >= 0.6 is 11.3 Å². The zero-order valence-corrected chi connectivity index (χ0v) is 14.3. The van der Waals surface area contributed by atoms with Gasteiger partial charge in [-0.1, -0.05) is 18.2 Å². The van der Waals surface area contributed by atoms with Crippen LogP contribution in [0.25, 0.3) is 10.1 Å². The fraction of sp³-hybridized carbons (Fsp3) is 0.333. The molecule has 3 heterocycles. The first-order valence-corrected chi connectivity index (χ1v) is 8.86. The number of methoxy groups -OCH3 is 1. The highest BCUT2D eigenvalue weighted by Gasteiger charge is 2.28. The normalized spacial score (nSPS) is 17.2.